The first-order valence-corrected chi connectivity index (χ1v) is 10.5. The average Bonchev–Trinajstić information content (AvgIpc) is 3.25. The van der Waals surface area contributed by atoms with Crippen LogP contribution in [0.1, 0.15) is 40.2 Å². The number of nitrogens with zero attached hydrogens (tertiary/aromatic N) is 5. The van der Waals surface area contributed by atoms with Gasteiger partial charge in [-0.05, 0) is 62.8 Å². The van der Waals surface area contributed by atoms with Crippen molar-refractivity contribution in [2.45, 2.75) is 46.1 Å². The van der Waals surface area contributed by atoms with Crippen molar-refractivity contribution in [2.24, 2.45) is 0 Å². The first-order valence-electron chi connectivity index (χ1n) is 9.68. The Morgan fingerprint density at radius 2 is 2.07 bits per heavy atom. The van der Waals surface area contributed by atoms with Crippen molar-refractivity contribution in [2.75, 3.05) is 5.32 Å². The lowest BCUT2D eigenvalue weighted by molar-refractivity contribution is 0.700. The Morgan fingerprint density at radius 3 is 2.86 bits per heavy atom. The van der Waals surface area contributed by atoms with Gasteiger partial charge in [-0.3, -0.25) is 4.98 Å². The van der Waals surface area contributed by atoms with Gasteiger partial charge in [0.25, 0.3) is 5.95 Å². The van der Waals surface area contributed by atoms with Gasteiger partial charge in [0.2, 0.25) is 0 Å². The smallest absolute Gasteiger partial charge is 0.254 e. The maximum absolute atomic E-state index is 4.91. The van der Waals surface area contributed by atoms with Crippen LogP contribution in [0.3, 0.4) is 0 Å². The molecule has 0 saturated heterocycles. The second-order valence-electron chi connectivity index (χ2n) is 7.32. The molecule has 1 N–H and O–H groups in total. The number of rotatable bonds is 4. The number of anilines is 1. The zero-order valence-corrected chi connectivity index (χ0v) is 16.9. The number of nitrogens with one attached hydrogen (secondary N) is 1. The van der Waals surface area contributed by atoms with Crippen LogP contribution in [0.5, 0.6) is 0 Å². The first-order chi connectivity index (χ1) is 13.7. The molecular formula is C21H22N6S. The quantitative estimate of drug-likeness (QED) is 0.560. The zero-order valence-electron chi connectivity index (χ0n) is 16.1. The van der Waals surface area contributed by atoms with Gasteiger partial charge in [0.15, 0.2) is 0 Å². The van der Waals surface area contributed by atoms with E-state index in [9.17, 15) is 0 Å². The molecule has 0 bridgehead atoms. The fraction of sp³-hybridized carbons (Fsp3) is 0.333. The maximum Gasteiger partial charge on any atom is 0.254 e. The second-order valence-corrected chi connectivity index (χ2v) is 8.40. The molecule has 0 saturated carbocycles. The lowest BCUT2D eigenvalue weighted by Crippen LogP contribution is -2.10. The number of pyridine rings is 1. The largest absolute Gasteiger partial charge is 0.365 e. The summed E-state index contributed by atoms with van der Waals surface area (Å²) in [4.78, 5) is 16.5. The Labute approximate surface area is 167 Å². The Morgan fingerprint density at radius 1 is 1.18 bits per heavy atom. The van der Waals surface area contributed by atoms with Gasteiger partial charge >= 0.3 is 0 Å². The van der Waals surface area contributed by atoms with E-state index in [0.717, 1.165) is 40.4 Å². The summed E-state index contributed by atoms with van der Waals surface area (Å²) in [5.74, 6) is 1.53. The van der Waals surface area contributed by atoms with Crippen molar-refractivity contribution in [3.8, 4) is 5.95 Å². The van der Waals surface area contributed by atoms with Crippen LogP contribution in [0.2, 0.25) is 0 Å². The number of thiophene rings is 1. The van der Waals surface area contributed by atoms with Crippen LogP contribution in [0, 0.1) is 13.8 Å². The molecule has 7 heteroatoms. The van der Waals surface area contributed by atoms with E-state index in [-0.39, 0.29) is 0 Å². The summed E-state index contributed by atoms with van der Waals surface area (Å²) in [5, 5.41) is 9.33. The Balaban J connectivity index is 1.64. The van der Waals surface area contributed by atoms with Crippen LogP contribution >= 0.6 is 11.3 Å². The topological polar surface area (TPSA) is 68.5 Å². The van der Waals surface area contributed by atoms with Crippen LogP contribution in [-0.4, -0.2) is 24.7 Å². The molecule has 0 radical (unpaired) electrons. The van der Waals surface area contributed by atoms with E-state index in [2.05, 4.69) is 27.5 Å². The molecular weight excluding hydrogens is 368 g/mol. The van der Waals surface area contributed by atoms with Gasteiger partial charge in [-0.2, -0.15) is 15.1 Å². The minimum absolute atomic E-state index is 0.630. The highest BCUT2D eigenvalue weighted by atomic mass is 32.1. The zero-order chi connectivity index (χ0) is 19.1. The lowest BCUT2D eigenvalue weighted by atomic mass is 9.97. The van der Waals surface area contributed by atoms with Gasteiger partial charge in [-0.25, -0.2) is 4.68 Å². The summed E-state index contributed by atoms with van der Waals surface area (Å²) >= 11 is 1.81. The van der Waals surface area contributed by atoms with Gasteiger partial charge in [-0.1, -0.05) is 6.07 Å². The predicted octanol–water partition coefficient (Wildman–Crippen LogP) is 4.38. The molecule has 28 heavy (non-hydrogen) atoms. The highest BCUT2D eigenvalue weighted by Gasteiger charge is 2.22. The van der Waals surface area contributed by atoms with E-state index >= 15 is 0 Å². The molecule has 0 amide bonds. The van der Waals surface area contributed by atoms with E-state index in [1.54, 1.807) is 6.20 Å². The van der Waals surface area contributed by atoms with Crippen molar-refractivity contribution in [1.29, 1.82) is 0 Å². The molecule has 1 aliphatic carbocycles. The predicted molar refractivity (Wildman–Crippen MR) is 112 cm³/mol. The van der Waals surface area contributed by atoms with Crippen LogP contribution in [0.25, 0.3) is 16.2 Å². The van der Waals surface area contributed by atoms with Crippen molar-refractivity contribution in [3.05, 3.63) is 58.0 Å². The van der Waals surface area contributed by atoms with Crippen LogP contribution < -0.4 is 5.32 Å². The van der Waals surface area contributed by atoms with Gasteiger partial charge in [0, 0.05) is 29.5 Å². The van der Waals surface area contributed by atoms with E-state index in [0.29, 0.717) is 12.5 Å². The van der Waals surface area contributed by atoms with Crippen LogP contribution in [0.4, 0.5) is 5.82 Å². The Bertz CT molecular complexity index is 1140. The van der Waals surface area contributed by atoms with Gasteiger partial charge in [-0.15, -0.1) is 11.3 Å². The highest BCUT2D eigenvalue weighted by molar-refractivity contribution is 7.19. The molecule has 142 valence electrons. The molecule has 4 heterocycles. The summed E-state index contributed by atoms with van der Waals surface area (Å²) in [7, 11) is 0. The standard InChI is InChI=1S/C21H22N6S/c1-13-10-14(2)27(26-13)21-24-19(23-12-15-6-5-9-22-11-15)18-16-7-3-4-8-17(16)28-20(18)25-21/h5-6,9-11H,3-4,7-8,12H2,1-2H3,(H,23,24,25). The number of aromatic nitrogens is 5. The fourth-order valence-electron chi connectivity index (χ4n) is 3.89. The molecule has 6 nitrogen and oxygen atoms in total. The second kappa shape index (κ2) is 6.98. The van der Waals surface area contributed by atoms with Gasteiger partial charge < -0.3 is 5.32 Å². The summed E-state index contributed by atoms with van der Waals surface area (Å²) in [5.41, 5.74) is 4.57. The molecule has 0 atom stereocenters. The molecule has 5 rings (SSSR count). The normalized spacial score (nSPS) is 13.6. The monoisotopic (exact) mass is 390 g/mol. The minimum atomic E-state index is 0.630. The number of aryl methyl sites for hydroxylation is 4. The summed E-state index contributed by atoms with van der Waals surface area (Å²) in [6.45, 7) is 4.71. The Kier molecular flexibility index (Phi) is 4.31. The lowest BCUT2D eigenvalue weighted by Gasteiger charge is -2.13. The van der Waals surface area contributed by atoms with Crippen molar-refractivity contribution in [1.82, 2.24) is 24.7 Å². The number of hydrogen-bond donors (Lipinski definition) is 1. The highest BCUT2D eigenvalue weighted by Crippen LogP contribution is 2.39. The molecule has 0 unspecified atom stereocenters. The summed E-state index contributed by atoms with van der Waals surface area (Å²) in [6, 6.07) is 6.08. The minimum Gasteiger partial charge on any atom is -0.365 e. The average molecular weight is 391 g/mol. The molecule has 0 aliphatic heterocycles. The molecule has 0 fully saturated rings. The third-order valence-electron chi connectivity index (χ3n) is 5.18. The summed E-state index contributed by atoms with van der Waals surface area (Å²) < 4.78 is 1.84. The molecule has 4 aromatic rings. The van der Waals surface area contributed by atoms with Crippen molar-refractivity contribution in [3.63, 3.8) is 0 Å². The van der Waals surface area contributed by atoms with E-state index < -0.39 is 0 Å². The number of fused-ring (bicyclic) bond motifs is 3. The third-order valence-corrected chi connectivity index (χ3v) is 6.37. The Hall–Kier alpha value is -2.80. The van der Waals surface area contributed by atoms with Gasteiger partial charge in [0.05, 0.1) is 11.1 Å². The number of hydrogen-bond acceptors (Lipinski definition) is 6. The molecule has 1 aliphatic rings. The van der Waals surface area contributed by atoms with E-state index in [1.165, 1.54) is 28.7 Å². The molecule has 4 aromatic heterocycles. The van der Waals surface area contributed by atoms with Crippen molar-refractivity contribution < 1.29 is 0 Å². The first kappa shape index (κ1) is 17.3. The van der Waals surface area contributed by atoms with E-state index in [4.69, 9.17) is 9.97 Å². The maximum atomic E-state index is 4.91. The van der Waals surface area contributed by atoms with Crippen LogP contribution in [0.15, 0.2) is 30.6 Å². The fourth-order valence-corrected chi connectivity index (χ4v) is 5.14. The van der Waals surface area contributed by atoms with Gasteiger partial charge in [0.1, 0.15) is 10.6 Å². The third kappa shape index (κ3) is 3.05. The van der Waals surface area contributed by atoms with Crippen molar-refractivity contribution >= 4 is 27.4 Å². The summed E-state index contributed by atoms with van der Waals surface area (Å²) in [6.07, 6.45) is 8.43. The molecule has 0 spiro atoms. The van der Waals surface area contributed by atoms with E-state index in [1.807, 2.05) is 42.1 Å². The SMILES string of the molecule is Cc1cc(C)n(-c2nc(NCc3cccnc3)c3c4c(sc3n2)CCCC4)n1. The van der Waals surface area contributed by atoms with Crippen LogP contribution in [-0.2, 0) is 19.4 Å². The molecule has 0 aromatic carbocycles.